The summed E-state index contributed by atoms with van der Waals surface area (Å²) in [4.78, 5) is 13.1. The Kier molecular flexibility index (Phi) is 3.74. The summed E-state index contributed by atoms with van der Waals surface area (Å²) < 4.78 is 0. The highest BCUT2D eigenvalue weighted by Gasteiger charge is 2.29. The molecule has 1 aliphatic rings. The Balaban J connectivity index is 1.50. The SMILES string of the molecule is Nc1nc(NCc2cnc3ccccc3c2)cc(C2CC(N)C2)n1. The van der Waals surface area contributed by atoms with Crippen molar-refractivity contribution >= 4 is 22.7 Å². The van der Waals surface area contributed by atoms with Crippen LogP contribution in [0.5, 0.6) is 0 Å². The van der Waals surface area contributed by atoms with E-state index in [0.29, 0.717) is 18.4 Å². The van der Waals surface area contributed by atoms with Gasteiger partial charge in [-0.15, -0.1) is 0 Å². The van der Waals surface area contributed by atoms with E-state index >= 15 is 0 Å². The van der Waals surface area contributed by atoms with E-state index in [1.54, 1.807) is 0 Å². The fourth-order valence-electron chi connectivity index (χ4n) is 3.09. The van der Waals surface area contributed by atoms with Gasteiger partial charge in [-0.25, -0.2) is 4.98 Å². The lowest BCUT2D eigenvalue weighted by Crippen LogP contribution is -2.35. The molecular formula is C18H20N6. The lowest BCUT2D eigenvalue weighted by molar-refractivity contribution is 0.345. The molecule has 2 aromatic heterocycles. The van der Waals surface area contributed by atoms with Crippen LogP contribution in [0.3, 0.4) is 0 Å². The number of nitrogen functional groups attached to an aromatic ring is 1. The molecule has 1 aliphatic carbocycles. The van der Waals surface area contributed by atoms with Crippen molar-refractivity contribution in [1.29, 1.82) is 0 Å². The van der Waals surface area contributed by atoms with Crippen LogP contribution in [0.15, 0.2) is 42.6 Å². The summed E-state index contributed by atoms with van der Waals surface area (Å²) in [6.07, 6.45) is 3.81. The second-order valence-corrected chi connectivity index (χ2v) is 6.35. The molecule has 0 radical (unpaired) electrons. The molecule has 0 spiro atoms. The van der Waals surface area contributed by atoms with Gasteiger partial charge in [0.1, 0.15) is 5.82 Å². The number of fused-ring (bicyclic) bond motifs is 1. The molecule has 1 saturated carbocycles. The van der Waals surface area contributed by atoms with Crippen LogP contribution >= 0.6 is 0 Å². The first-order valence-corrected chi connectivity index (χ1v) is 8.15. The van der Waals surface area contributed by atoms with Crippen molar-refractivity contribution < 1.29 is 0 Å². The molecule has 0 bridgehead atoms. The monoisotopic (exact) mass is 320 g/mol. The molecule has 6 nitrogen and oxygen atoms in total. The van der Waals surface area contributed by atoms with Crippen molar-refractivity contribution in [3.8, 4) is 0 Å². The molecule has 4 rings (SSSR count). The van der Waals surface area contributed by atoms with Gasteiger partial charge in [-0.05, 0) is 30.5 Å². The quantitative estimate of drug-likeness (QED) is 0.682. The van der Waals surface area contributed by atoms with Gasteiger partial charge in [-0.2, -0.15) is 4.98 Å². The smallest absolute Gasteiger partial charge is 0.222 e. The van der Waals surface area contributed by atoms with E-state index in [1.165, 1.54) is 0 Å². The maximum atomic E-state index is 5.87. The number of nitrogens with two attached hydrogens (primary N) is 2. The van der Waals surface area contributed by atoms with E-state index in [2.05, 4.69) is 32.4 Å². The number of hydrogen-bond donors (Lipinski definition) is 3. The Morgan fingerprint density at radius 2 is 1.96 bits per heavy atom. The highest BCUT2D eigenvalue weighted by atomic mass is 15.1. The number of nitrogens with one attached hydrogen (secondary N) is 1. The van der Waals surface area contributed by atoms with Gasteiger partial charge >= 0.3 is 0 Å². The first-order valence-electron chi connectivity index (χ1n) is 8.15. The van der Waals surface area contributed by atoms with Crippen LogP contribution in [0.4, 0.5) is 11.8 Å². The summed E-state index contributed by atoms with van der Waals surface area (Å²) in [6, 6.07) is 12.5. The zero-order valence-corrected chi connectivity index (χ0v) is 13.3. The molecule has 0 unspecified atom stereocenters. The molecule has 0 amide bonds. The molecule has 0 saturated heterocycles. The van der Waals surface area contributed by atoms with Crippen molar-refractivity contribution in [2.45, 2.75) is 31.3 Å². The summed E-state index contributed by atoms with van der Waals surface area (Å²) in [5.41, 5.74) is 14.8. The Bertz CT molecular complexity index is 872. The molecule has 3 aromatic rings. The summed E-state index contributed by atoms with van der Waals surface area (Å²) in [5.74, 6) is 1.44. The summed E-state index contributed by atoms with van der Waals surface area (Å²) in [6.45, 7) is 0.637. The fraction of sp³-hybridized carbons (Fsp3) is 0.278. The summed E-state index contributed by atoms with van der Waals surface area (Å²) in [7, 11) is 0. The molecule has 5 N–H and O–H groups in total. The van der Waals surface area contributed by atoms with Crippen LogP contribution in [0.2, 0.25) is 0 Å². The number of hydrogen-bond acceptors (Lipinski definition) is 6. The molecule has 2 heterocycles. The Hall–Kier alpha value is -2.73. The predicted molar refractivity (Wildman–Crippen MR) is 95.5 cm³/mol. The largest absolute Gasteiger partial charge is 0.368 e. The minimum Gasteiger partial charge on any atom is -0.368 e. The van der Waals surface area contributed by atoms with E-state index < -0.39 is 0 Å². The third-order valence-electron chi connectivity index (χ3n) is 4.48. The average molecular weight is 320 g/mol. The molecule has 1 aromatic carbocycles. The van der Waals surface area contributed by atoms with Gasteiger partial charge in [-0.3, -0.25) is 4.98 Å². The van der Waals surface area contributed by atoms with Gasteiger partial charge < -0.3 is 16.8 Å². The third kappa shape index (κ3) is 3.00. The zero-order valence-electron chi connectivity index (χ0n) is 13.3. The number of rotatable bonds is 4. The van der Waals surface area contributed by atoms with Crippen LogP contribution in [0.1, 0.15) is 30.0 Å². The van der Waals surface area contributed by atoms with E-state index in [-0.39, 0.29) is 6.04 Å². The van der Waals surface area contributed by atoms with Gasteiger partial charge in [0.2, 0.25) is 5.95 Å². The molecule has 24 heavy (non-hydrogen) atoms. The van der Waals surface area contributed by atoms with Crippen LogP contribution in [0, 0.1) is 0 Å². The molecular weight excluding hydrogens is 300 g/mol. The Morgan fingerprint density at radius 1 is 1.12 bits per heavy atom. The number of pyridine rings is 1. The summed E-state index contributed by atoms with van der Waals surface area (Å²) >= 11 is 0. The number of para-hydroxylation sites is 1. The lowest BCUT2D eigenvalue weighted by atomic mass is 9.78. The third-order valence-corrected chi connectivity index (χ3v) is 4.48. The topological polar surface area (TPSA) is 103 Å². The van der Waals surface area contributed by atoms with Gasteiger partial charge in [0.25, 0.3) is 0 Å². The van der Waals surface area contributed by atoms with Gasteiger partial charge in [0.05, 0.1) is 11.2 Å². The normalized spacial score (nSPS) is 19.9. The molecule has 122 valence electrons. The van der Waals surface area contributed by atoms with Gasteiger partial charge in [0.15, 0.2) is 0 Å². The predicted octanol–water partition coefficient (Wildman–Crippen LogP) is 2.42. The van der Waals surface area contributed by atoms with Crippen LogP contribution in [-0.4, -0.2) is 21.0 Å². The first kappa shape index (κ1) is 14.8. The highest BCUT2D eigenvalue weighted by molar-refractivity contribution is 5.78. The molecule has 0 atom stereocenters. The van der Waals surface area contributed by atoms with E-state index in [4.69, 9.17) is 11.5 Å². The van der Waals surface area contributed by atoms with Crippen molar-refractivity contribution in [3.63, 3.8) is 0 Å². The molecule has 1 fully saturated rings. The zero-order chi connectivity index (χ0) is 16.5. The van der Waals surface area contributed by atoms with E-state index in [1.807, 2.05) is 30.5 Å². The van der Waals surface area contributed by atoms with Crippen molar-refractivity contribution in [2.24, 2.45) is 5.73 Å². The Labute approximate surface area is 140 Å². The van der Waals surface area contributed by atoms with Crippen molar-refractivity contribution in [2.75, 3.05) is 11.1 Å². The number of aromatic nitrogens is 3. The van der Waals surface area contributed by atoms with Gasteiger partial charge in [0, 0.05) is 36.2 Å². The second-order valence-electron chi connectivity index (χ2n) is 6.35. The molecule has 6 heteroatoms. The van der Waals surface area contributed by atoms with Crippen molar-refractivity contribution in [1.82, 2.24) is 15.0 Å². The van der Waals surface area contributed by atoms with Crippen LogP contribution in [-0.2, 0) is 6.54 Å². The van der Waals surface area contributed by atoms with E-state index in [0.717, 1.165) is 40.8 Å². The minimum atomic E-state index is 0.284. The highest BCUT2D eigenvalue weighted by Crippen LogP contribution is 2.35. The lowest BCUT2D eigenvalue weighted by Gasteiger charge is -2.32. The van der Waals surface area contributed by atoms with E-state index in [9.17, 15) is 0 Å². The Morgan fingerprint density at radius 3 is 2.79 bits per heavy atom. The van der Waals surface area contributed by atoms with Gasteiger partial charge in [-0.1, -0.05) is 18.2 Å². The maximum Gasteiger partial charge on any atom is 0.222 e. The number of anilines is 2. The molecule has 0 aliphatic heterocycles. The minimum absolute atomic E-state index is 0.284. The second kappa shape index (κ2) is 6.05. The number of benzene rings is 1. The maximum absolute atomic E-state index is 5.87. The van der Waals surface area contributed by atoms with Crippen LogP contribution in [0.25, 0.3) is 10.9 Å². The summed E-state index contributed by atoms with van der Waals surface area (Å²) in [5, 5.41) is 4.45. The van der Waals surface area contributed by atoms with Crippen molar-refractivity contribution in [3.05, 3.63) is 53.9 Å². The fourth-order valence-corrected chi connectivity index (χ4v) is 3.09. The standard InChI is InChI=1S/C18H20N6/c19-14-6-13(7-14)16-8-17(24-18(20)23-16)22-10-11-5-12-3-1-2-4-15(12)21-9-11/h1-5,8-9,13-14H,6-7,10,19H2,(H3,20,22,23,24). The number of nitrogens with zero attached hydrogens (tertiary/aromatic N) is 3. The first-order chi connectivity index (χ1) is 11.7. The average Bonchev–Trinajstić information content (AvgIpc) is 2.56. The van der Waals surface area contributed by atoms with Crippen LogP contribution < -0.4 is 16.8 Å².